The topological polar surface area (TPSA) is 12.4 Å². The lowest BCUT2D eigenvalue weighted by molar-refractivity contribution is 0.943. The van der Waals surface area contributed by atoms with Crippen LogP contribution in [0.25, 0.3) is 0 Å². The molecule has 0 aliphatic heterocycles. The minimum atomic E-state index is 0.674. The maximum atomic E-state index is 5.61. The van der Waals surface area contributed by atoms with Crippen molar-refractivity contribution in [3.05, 3.63) is 71.3 Å². The summed E-state index contributed by atoms with van der Waals surface area (Å²) in [7, 11) is 0. The van der Waals surface area contributed by atoms with E-state index in [1.54, 1.807) is 0 Å². The summed E-state index contributed by atoms with van der Waals surface area (Å²) in [5.74, 6) is 0.674. The maximum Gasteiger partial charge on any atom is 0.0400 e. The van der Waals surface area contributed by atoms with Gasteiger partial charge in [-0.3, -0.25) is 4.99 Å². The molecule has 0 aromatic heterocycles. The summed E-state index contributed by atoms with van der Waals surface area (Å²) in [6.45, 7) is 0.801. The average molecular weight is 272 g/mol. The van der Waals surface area contributed by atoms with Gasteiger partial charge in [0.15, 0.2) is 0 Å². The van der Waals surface area contributed by atoms with Crippen LogP contribution in [0.4, 0.5) is 0 Å². The molecule has 19 heavy (non-hydrogen) atoms. The van der Waals surface area contributed by atoms with Crippen molar-refractivity contribution in [3.63, 3.8) is 0 Å². The number of benzene rings is 2. The molecule has 2 aromatic carbocycles. The Hall–Kier alpha value is -1.60. The van der Waals surface area contributed by atoms with E-state index in [0.29, 0.717) is 5.88 Å². The number of alkyl halides is 1. The van der Waals surface area contributed by atoms with Crippen LogP contribution in [0.1, 0.15) is 23.1 Å². The number of rotatable bonds is 6. The molecule has 98 valence electrons. The summed E-state index contributed by atoms with van der Waals surface area (Å²) in [6, 6.07) is 19.1. The molecule has 2 rings (SSSR count). The SMILES string of the molecule is ClCCC/N=C/c1ccc(Cc2ccccc2)cc1. The van der Waals surface area contributed by atoms with Crippen LogP contribution in [0.15, 0.2) is 59.6 Å². The van der Waals surface area contributed by atoms with Crippen molar-refractivity contribution in [1.82, 2.24) is 0 Å². The average Bonchev–Trinajstić information content (AvgIpc) is 2.46. The van der Waals surface area contributed by atoms with Gasteiger partial charge in [-0.25, -0.2) is 0 Å². The highest BCUT2D eigenvalue weighted by Gasteiger charge is 1.95. The standard InChI is InChI=1S/C17H18ClN/c18-11-4-12-19-14-17-9-7-16(8-10-17)13-15-5-2-1-3-6-15/h1-3,5-10,14H,4,11-13H2/b19-14+. The van der Waals surface area contributed by atoms with Crippen LogP contribution in [0.2, 0.25) is 0 Å². The predicted molar refractivity (Wildman–Crippen MR) is 83.5 cm³/mol. The second-order valence-corrected chi connectivity index (χ2v) is 4.86. The second kappa shape index (κ2) is 7.75. The highest BCUT2D eigenvalue weighted by atomic mass is 35.5. The zero-order chi connectivity index (χ0) is 13.3. The zero-order valence-electron chi connectivity index (χ0n) is 10.9. The van der Waals surface area contributed by atoms with Crippen molar-refractivity contribution < 1.29 is 0 Å². The third kappa shape index (κ3) is 4.88. The van der Waals surface area contributed by atoms with Crippen LogP contribution in [0, 0.1) is 0 Å². The Morgan fingerprint density at radius 1 is 0.895 bits per heavy atom. The Bertz CT molecular complexity index is 503. The van der Waals surface area contributed by atoms with E-state index < -0.39 is 0 Å². The van der Waals surface area contributed by atoms with E-state index in [1.807, 2.05) is 12.3 Å². The van der Waals surface area contributed by atoms with Gasteiger partial charge in [0.2, 0.25) is 0 Å². The van der Waals surface area contributed by atoms with Gasteiger partial charge in [-0.05, 0) is 29.5 Å². The lowest BCUT2D eigenvalue weighted by Crippen LogP contribution is -1.89. The molecule has 0 radical (unpaired) electrons. The van der Waals surface area contributed by atoms with Gasteiger partial charge >= 0.3 is 0 Å². The van der Waals surface area contributed by atoms with Crippen LogP contribution in [-0.4, -0.2) is 18.6 Å². The molecule has 0 aliphatic carbocycles. The van der Waals surface area contributed by atoms with Crippen molar-refractivity contribution in [3.8, 4) is 0 Å². The molecule has 0 heterocycles. The fraction of sp³-hybridized carbons (Fsp3) is 0.235. The van der Waals surface area contributed by atoms with Gasteiger partial charge in [-0.1, -0.05) is 54.6 Å². The van der Waals surface area contributed by atoms with Crippen LogP contribution < -0.4 is 0 Å². The zero-order valence-corrected chi connectivity index (χ0v) is 11.7. The minimum Gasteiger partial charge on any atom is -0.293 e. The number of hydrogen-bond acceptors (Lipinski definition) is 1. The second-order valence-electron chi connectivity index (χ2n) is 4.48. The highest BCUT2D eigenvalue weighted by Crippen LogP contribution is 2.10. The normalized spacial score (nSPS) is 11.0. The molecule has 0 atom stereocenters. The van der Waals surface area contributed by atoms with E-state index in [1.165, 1.54) is 11.1 Å². The molecular formula is C17H18ClN. The molecule has 2 heteroatoms. The smallest absolute Gasteiger partial charge is 0.0400 e. The third-order valence-corrected chi connectivity index (χ3v) is 3.16. The first-order valence-corrected chi connectivity index (χ1v) is 7.10. The molecule has 0 amide bonds. The van der Waals surface area contributed by atoms with E-state index in [9.17, 15) is 0 Å². The van der Waals surface area contributed by atoms with E-state index in [4.69, 9.17) is 11.6 Å². The van der Waals surface area contributed by atoms with Crippen molar-refractivity contribution in [1.29, 1.82) is 0 Å². The summed E-state index contributed by atoms with van der Waals surface area (Å²) in [6.07, 6.45) is 3.83. The first-order valence-electron chi connectivity index (χ1n) is 6.57. The van der Waals surface area contributed by atoms with E-state index in [-0.39, 0.29) is 0 Å². The van der Waals surface area contributed by atoms with Crippen LogP contribution in [-0.2, 0) is 6.42 Å². The molecule has 1 nitrogen and oxygen atoms in total. The van der Waals surface area contributed by atoms with Crippen molar-refractivity contribution in [2.24, 2.45) is 4.99 Å². The molecule has 0 spiro atoms. The van der Waals surface area contributed by atoms with Gasteiger partial charge < -0.3 is 0 Å². The lowest BCUT2D eigenvalue weighted by atomic mass is 10.0. The Labute approximate surface area is 120 Å². The molecule has 0 saturated heterocycles. The molecular weight excluding hydrogens is 254 g/mol. The fourth-order valence-corrected chi connectivity index (χ4v) is 1.99. The van der Waals surface area contributed by atoms with E-state index in [0.717, 1.165) is 24.9 Å². The number of halogens is 1. The maximum absolute atomic E-state index is 5.61. The monoisotopic (exact) mass is 271 g/mol. The van der Waals surface area contributed by atoms with Crippen LogP contribution >= 0.6 is 11.6 Å². The molecule has 0 fully saturated rings. The Kier molecular flexibility index (Phi) is 5.64. The van der Waals surface area contributed by atoms with Crippen molar-refractivity contribution in [2.45, 2.75) is 12.8 Å². The summed E-state index contributed by atoms with van der Waals surface area (Å²) >= 11 is 5.61. The molecule has 0 unspecified atom stereocenters. The van der Waals surface area contributed by atoms with Crippen LogP contribution in [0.3, 0.4) is 0 Å². The minimum absolute atomic E-state index is 0.674. The van der Waals surface area contributed by atoms with Gasteiger partial charge in [0.05, 0.1) is 0 Å². The summed E-state index contributed by atoms with van der Waals surface area (Å²) < 4.78 is 0. The van der Waals surface area contributed by atoms with Crippen molar-refractivity contribution in [2.75, 3.05) is 12.4 Å². The van der Waals surface area contributed by atoms with Gasteiger partial charge in [0.1, 0.15) is 0 Å². The molecule has 0 aliphatic rings. The summed E-state index contributed by atoms with van der Waals surface area (Å²) in [4.78, 5) is 4.34. The highest BCUT2D eigenvalue weighted by molar-refractivity contribution is 6.17. The van der Waals surface area contributed by atoms with Gasteiger partial charge in [0, 0.05) is 18.6 Å². The van der Waals surface area contributed by atoms with Gasteiger partial charge in [-0.15, -0.1) is 11.6 Å². The molecule has 2 aromatic rings. The van der Waals surface area contributed by atoms with Crippen molar-refractivity contribution >= 4 is 17.8 Å². The number of hydrogen-bond donors (Lipinski definition) is 0. The Morgan fingerprint density at radius 3 is 2.26 bits per heavy atom. The fourth-order valence-electron chi connectivity index (χ4n) is 1.87. The Morgan fingerprint density at radius 2 is 1.58 bits per heavy atom. The Balaban J connectivity index is 1.93. The van der Waals surface area contributed by atoms with Gasteiger partial charge in [0.25, 0.3) is 0 Å². The summed E-state index contributed by atoms with van der Waals surface area (Å²) in [5.41, 5.74) is 3.81. The van der Waals surface area contributed by atoms with Gasteiger partial charge in [-0.2, -0.15) is 0 Å². The first kappa shape index (κ1) is 13.8. The molecule has 0 saturated carbocycles. The summed E-state index contributed by atoms with van der Waals surface area (Å²) in [5, 5.41) is 0. The largest absolute Gasteiger partial charge is 0.293 e. The van der Waals surface area contributed by atoms with Crippen LogP contribution in [0.5, 0.6) is 0 Å². The number of nitrogens with zero attached hydrogens (tertiary/aromatic N) is 1. The molecule has 0 bridgehead atoms. The quantitative estimate of drug-likeness (QED) is 0.421. The number of aliphatic imine (C=N–C) groups is 1. The first-order chi connectivity index (χ1) is 9.38. The predicted octanol–water partition coefficient (Wildman–Crippen LogP) is 4.33. The third-order valence-electron chi connectivity index (χ3n) is 2.89. The van der Waals surface area contributed by atoms with E-state index >= 15 is 0 Å². The molecule has 0 N–H and O–H groups in total. The lowest BCUT2D eigenvalue weighted by Gasteiger charge is -2.02. The van der Waals surface area contributed by atoms with E-state index in [2.05, 4.69) is 53.5 Å².